The van der Waals surface area contributed by atoms with Gasteiger partial charge in [0.15, 0.2) is 0 Å². The number of nitrogens with one attached hydrogen (secondary N) is 1. The second kappa shape index (κ2) is 6.45. The predicted molar refractivity (Wildman–Crippen MR) is 79.5 cm³/mol. The highest BCUT2D eigenvalue weighted by molar-refractivity contribution is 6.30. The van der Waals surface area contributed by atoms with Crippen LogP contribution in [0, 0.1) is 0 Å². The maximum Gasteiger partial charge on any atom is 0.264 e. The summed E-state index contributed by atoms with van der Waals surface area (Å²) in [4.78, 5) is 17.3. The van der Waals surface area contributed by atoms with Crippen molar-refractivity contribution >= 4 is 23.2 Å². The van der Waals surface area contributed by atoms with Crippen molar-refractivity contribution in [1.82, 2.24) is 5.32 Å². The van der Waals surface area contributed by atoms with E-state index in [1.165, 1.54) is 0 Å². The van der Waals surface area contributed by atoms with E-state index in [1.807, 2.05) is 12.1 Å². The summed E-state index contributed by atoms with van der Waals surface area (Å²) >= 11 is 5.85. The van der Waals surface area contributed by atoms with Gasteiger partial charge >= 0.3 is 0 Å². The summed E-state index contributed by atoms with van der Waals surface area (Å²) in [7, 11) is 0. The number of ether oxygens (including phenoxy) is 1. The van der Waals surface area contributed by atoms with E-state index in [0.717, 1.165) is 30.7 Å². The smallest absolute Gasteiger partial charge is 0.264 e. The highest BCUT2D eigenvalue weighted by Crippen LogP contribution is 2.19. The number of carbonyl (C=O) groups excluding carboxylic acids is 1. The molecule has 5 nitrogen and oxygen atoms in total. The molecule has 1 amide bonds. The normalized spacial score (nSPS) is 24.5. The molecule has 2 heterocycles. The molecule has 0 spiro atoms. The van der Waals surface area contributed by atoms with Crippen LogP contribution in [0.5, 0.6) is 0 Å². The van der Waals surface area contributed by atoms with Crippen LogP contribution in [0.3, 0.4) is 0 Å². The zero-order valence-corrected chi connectivity index (χ0v) is 12.3. The third kappa shape index (κ3) is 3.54. The van der Waals surface area contributed by atoms with Gasteiger partial charge in [-0.15, -0.1) is 0 Å². The monoisotopic (exact) mass is 308 g/mol. The zero-order valence-electron chi connectivity index (χ0n) is 11.5. The number of carbonyl (C=O) groups is 1. The first-order valence-electron chi connectivity index (χ1n) is 7.10. The van der Waals surface area contributed by atoms with Crippen LogP contribution in [-0.4, -0.2) is 37.0 Å². The third-order valence-electron chi connectivity index (χ3n) is 3.67. The summed E-state index contributed by atoms with van der Waals surface area (Å²) in [5.74, 6) is -0.141. The number of halogens is 1. The van der Waals surface area contributed by atoms with Crippen LogP contribution in [0.1, 0.15) is 24.8 Å². The standard InChI is InChI=1S/C15H17ClN2O3/c16-11-5-3-10(4-6-11)13-8-14(21-18-13)15(19)17-9-12-2-1-7-20-12/h3-6,12,14H,1-2,7-9H2,(H,17,19)/t12-,14-/m0/s1. The van der Waals surface area contributed by atoms with Gasteiger partial charge in [0.05, 0.1) is 11.8 Å². The van der Waals surface area contributed by atoms with Gasteiger partial charge in [-0.3, -0.25) is 4.79 Å². The molecule has 1 fully saturated rings. The molecule has 1 N–H and O–H groups in total. The third-order valence-corrected chi connectivity index (χ3v) is 3.92. The maximum atomic E-state index is 12.0. The number of nitrogens with zero attached hydrogens (tertiary/aromatic N) is 1. The Hall–Kier alpha value is -1.59. The highest BCUT2D eigenvalue weighted by Gasteiger charge is 2.29. The molecule has 112 valence electrons. The number of rotatable bonds is 4. The average molecular weight is 309 g/mol. The van der Waals surface area contributed by atoms with E-state index in [4.69, 9.17) is 21.2 Å². The molecule has 0 aliphatic carbocycles. The SMILES string of the molecule is O=C(NC[C@@H]1CCCO1)[C@@H]1CC(c2ccc(Cl)cc2)=NO1. The molecule has 0 saturated carbocycles. The lowest BCUT2D eigenvalue weighted by atomic mass is 10.0. The van der Waals surface area contributed by atoms with E-state index in [-0.39, 0.29) is 12.0 Å². The van der Waals surface area contributed by atoms with Crippen LogP contribution in [0.15, 0.2) is 29.4 Å². The molecule has 0 aromatic heterocycles. The van der Waals surface area contributed by atoms with E-state index in [1.54, 1.807) is 12.1 Å². The minimum Gasteiger partial charge on any atom is -0.382 e. The molecule has 21 heavy (non-hydrogen) atoms. The van der Waals surface area contributed by atoms with Gasteiger partial charge in [0, 0.05) is 24.6 Å². The summed E-state index contributed by atoms with van der Waals surface area (Å²) < 4.78 is 5.47. The van der Waals surface area contributed by atoms with Crippen LogP contribution < -0.4 is 5.32 Å². The lowest BCUT2D eigenvalue weighted by Crippen LogP contribution is -2.39. The lowest BCUT2D eigenvalue weighted by molar-refractivity contribution is -0.131. The minimum atomic E-state index is -0.558. The van der Waals surface area contributed by atoms with Crippen LogP contribution in [0.2, 0.25) is 5.02 Å². The van der Waals surface area contributed by atoms with Gasteiger partial charge in [0.2, 0.25) is 6.10 Å². The second-order valence-electron chi connectivity index (χ2n) is 5.22. The Labute approximate surface area is 128 Å². The maximum absolute atomic E-state index is 12.0. The summed E-state index contributed by atoms with van der Waals surface area (Å²) in [5, 5.41) is 7.53. The summed E-state index contributed by atoms with van der Waals surface area (Å²) in [6.45, 7) is 1.32. The number of benzene rings is 1. The Balaban J connectivity index is 1.50. The van der Waals surface area contributed by atoms with E-state index in [0.29, 0.717) is 18.0 Å². The molecule has 0 bridgehead atoms. The van der Waals surface area contributed by atoms with Crippen molar-refractivity contribution in [1.29, 1.82) is 0 Å². The quantitative estimate of drug-likeness (QED) is 0.927. The van der Waals surface area contributed by atoms with Crippen molar-refractivity contribution in [3.8, 4) is 0 Å². The van der Waals surface area contributed by atoms with Gasteiger partial charge in [-0.05, 0) is 30.5 Å². The van der Waals surface area contributed by atoms with E-state index >= 15 is 0 Å². The van der Waals surface area contributed by atoms with Gasteiger partial charge in [0.1, 0.15) is 0 Å². The number of amides is 1. The first-order chi connectivity index (χ1) is 10.2. The fraction of sp³-hybridized carbons (Fsp3) is 0.467. The molecular weight excluding hydrogens is 292 g/mol. The largest absolute Gasteiger partial charge is 0.382 e. The van der Waals surface area contributed by atoms with Crippen LogP contribution in [0.4, 0.5) is 0 Å². The number of hydrogen-bond acceptors (Lipinski definition) is 4. The van der Waals surface area contributed by atoms with Gasteiger partial charge in [0.25, 0.3) is 5.91 Å². The Morgan fingerprint density at radius 3 is 2.90 bits per heavy atom. The molecule has 2 aliphatic rings. The van der Waals surface area contributed by atoms with E-state index in [9.17, 15) is 4.79 Å². The number of oxime groups is 1. The van der Waals surface area contributed by atoms with Gasteiger partial charge < -0.3 is 14.9 Å². The summed E-state index contributed by atoms with van der Waals surface area (Å²) in [6, 6.07) is 7.34. The Morgan fingerprint density at radius 1 is 1.38 bits per heavy atom. The Kier molecular flexibility index (Phi) is 4.41. The van der Waals surface area contributed by atoms with Crippen molar-refractivity contribution in [2.75, 3.05) is 13.2 Å². The fourth-order valence-corrected chi connectivity index (χ4v) is 2.59. The van der Waals surface area contributed by atoms with Crippen molar-refractivity contribution in [2.24, 2.45) is 5.16 Å². The molecule has 0 unspecified atom stereocenters. The molecule has 6 heteroatoms. The van der Waals surface area contributed by atoms with Gasteiger partial charge in [-0.2, -0.15) is 0 Å². The zero-order chi connectivity index (χ0) is 14.7. The molecule has 0 radical (unpaired) electrons. The first kappa shape index (κ1) is 14.4. The summed E-state index contributed by atoms with van der Waals surface area (Å²) in [5.41, 5.74) is 1.69. The fourth-order valence-electron chi connectivity index (χ4n) is 2.46. The molecule has 1 saturated heterocycles. The number of hydrogen-bond donors (Lipinski definition) is 1. The molecule has 2 atom stereocenters. The second-order valence-corrected chi connectivity index (χ2v) is 5.66. The molecule has 2 aliphatic heterocycles. The van der Waals surface area contributed by atoms with Crippen LogP contribution in [-0.2, 0) is 14.4 Å². The molecular formula is C15H17ClN2O3. The van der Waals surface area contributed by atoms with Crippen molar-refractivity contribution < 1.29 is 14.4 Å². The Bertz CT molecular complexity index is 538. The minimum absolute atomic E-state index is 0.131. The summed E-state index contributed by atoms with van der Waals surface area (Å²) in [6.07, 6.45) is 2.10. The van der Waals surface area contributed by atoms with Crippen molar-refractivity contribution in [2.45, 2.75) is 31.5 Å². The van der Waals surface area contributed by atoms with Crippen molar-refractivity contribution in [3.05, 3.63) is 34.9 Å². The molecule has 3 rings (SSSR count). The molecule has 1 aromatic rings. The highest BCUT2D eigenvalue weighted by atomic mass is 35.5. The van der Waals surface area contributed by atoms with Gasteiger partial charge in [-0.1, -0.05) is 28.9 Å². The van der Waals surface area contributed by atoms with Gasteiger partial charge in [-0.25, -0.2) is 0 Å². The first-order valence-corrected chi connectivity index (χ1v) is 7.48. The van der Waals surface area contributed by atoms with Crippen molar-refractivity contribution in [3.63, 3.8) is 0 Å². The van der Waals surface area contributed by atoms with E-state index in [2.05, 4.69) is 10.5 Å². The average Bonchev–Trinajstić information content (AvgIpc) is 3.17. The topological polar surface area (TPSA) is 59.9 Å². The Morgan fingerprint density at radius 2 is 2.19 bits per heavy atom. The van der Waals surface area contributed by atoms with Crippen LogP contribution in [0.25, 0.3) is 0 Å². The lowest BCUT2D eigenvalue weighted by Gasteiger charge is -2.13. The molecule has 1 aromatic carbocycles. The van der Waals surface area contributed by atoms with E-state index < -0.39 is 6.10 Å². The predicted octanol–water partition coefficient (Wildman–Crippen LogP) is 2.13. The van der Waals surface area contributed by atoms with Crippen LogP contribution >= 0.6 is 11.6 Å².